The predicted octanol–water partition coefficient (Wildman–Crippen LogP) is 0.603. The average Bonchev–Trinajstić information content (AvgIpc) is 2.05. The molecule has 0 saturated carbocycles. The highest BCUT2D eigenvalue weighted by atomic mass is 19.1. The minimum atomic E-state index is -0.384. The lowest BCUT2D eigenvalue weighted by Gasteiger charge is -2.08. The zero-order valence-corrected chi connectivity index (χ0v) is 6.57. The van der Waals surface area contributed by atoms with Crippen molar-refractivity contribution < 1.29 is 9.50 Å². The molecule has 1 aromatic rings. The van der Waals surface area contributed by atoms with Crippen molar-refractivity contribution in [2.24, 2.45) is 5.73 Å². The van der Waals surface area contributed by atoms with Crippen molar-refractivity contribution >= 4 is 0 Å². The fraction of sp³-hybridized carbons (Fsp3) is 0.375. The maximum absolute atomic E-state index is 12.6. The molecule has 1 atom stereocenters. The van der Waals surface area contributed by atoms with E-state index in [0.717, 1.165) is 0 Å². The van der Waals surface area contributed by atoms with Crippen molar-refractivity contribution in [2.75, 3.05) is 6.61 Å². The van der Waals surface area contributed by atoms with E-state index in [2.05, 4.69) is 4.98 Å². The van der Waals surface area contributed by atoms with E-state index in [1.807, 2.05) is 0 Å². The molecule has 0 spiro atoms. The molecule has 12 heavy (non-hydrogen) atoms. The van der Waals surface area contributed by atoms with Crippen LogP contribution in [-0.2, 0) is 0 Å². The first-order valence-corrected chi connectivity index (χ1v) is 3.72. The Kier molecular flexibility index (Phi) is 3.13. The van der Waals surface area contributed by atoms with E-state index in [-0.39, 0.29) is 18.5 Å². The topological polar surface area (TPSA) is 59.1 Å². The Hall–Kier alpha value is -1.00. The number of aliphatic hydroxyl groups is 1. The van der Waals surface area contributed by atoms with Crippen LogP contribution in [0.5, 0.6) is 0 Å². The predicted molar refractivity (Wildman–Crippen MR) is 42.8 cm³/mol. The van der Waals surface area contributed by atoms with Crippen LogP contribution in [0.3, 0.4) is 0 Å². The summed E-state index contributed by atoms with van der Waals surface area (Å²) >= 11 is 0. The Morgan fingerprint density at radius 3 is 3.00 bits per heavy atom. The molecule has 3 N–H and O–H groups in total. The lowest BCUT2D eigenvalue weighted by molar-refractivity contribution is 0.275. The molecule has 0 aliphatic carbocycles. The fourth-order valence-corrected chi connectivity index (χ4v) is 0.911. The lowest BCUT2D eigenvalue weighted by Crippen LogP contribution is -2.13. The van der Waals surface area contributed by atoms with Crippen LogP contribution in [0.15, 0.2) is 18.3 Å². The van der Waals surface area contributed by atoms with E-state index in [9.17, 15) is 4.39 Å². The van der Waals surface area contributed by atoms with Crippen molar-refractivity contribution in [1.29, 1.82) is 0 Å². The van der Waals surface area contributed by atoms with Gasteiger partial charge in [-0.05, 0) is 18.6 Å². The van der Waals surface area contributed by atoms with E-state index in [0.29, 0.717) is 12.1 Å². The number of halogens is 1. The second kappa shape index (κ2) is 4.13. The Balaban J connectivity index is 2.73. The van der Waals surface area contributed by atoms with Crippen LogP contribution in [0, 0.1) is 5.82 Å². The van der Waals surface area contributed by atoms with Crippen molar-refractivity contribution in [3.05, 3.63) is 29.8 Å². The van der Waals surface area contributed by atoms with E-state index in [4.69, 9.17) is 10.8 Å². The van der Waals surface area contributed by atoms with Crippen molar-refractivity contribution in [3.8, 4) is 0 Å². The summed E-state index contributed by atoms with van der Waals surface area (Å²) in [6, 6.07) is 2.15. The molecule has 4 heteroatoms. The largest absolute Gasteiger partial charge is 0.396 e. The van der Waals surface area contributed by atoms with Gasteiger partial charge in [-0.1, -0.05) is 0 Å². The van der Waals surface area contributed by atoms with Crippen LogP contribution in [0.2, 0.25) is 0 Å². The van der Waals surface area contributed by atoms with E-state index < -0.39 is 0 Å². The van der Waals surface area contributed by atoms with E-state index >= 15 is 0 Å². The minimum absolute atomic E-state index is 0.0145. The second-order valence-corrected chi connectivity index (χ2v) is 2.52. The Bertz CT molecular complexity index is 255. The van der Waals surface area contributed by atoms with Crippen LogP contribution in [-0.4, -0.2) is 16.7 Å². The van der Waals surface area contributed by atoms with E-state index in [1.165, 1.54) is 18.3 Å². The average molecular weight is 170 g/mol. The van der Waals surface area contributed by atoms with Gasteiger partial charge in [-0.3, -0.25) is 4.98 Å². The van der Waals surface area contributed by atoms with Gasteiger partial charge in [0.1, 0.15) is 5.82 Å². The summed E-state index contributed by atoms with van der Waals surface area (Å²) < 4.78 is 12.6. The molecule has 1 rings (SSSR count). The smallest absolute Gasteiger partial charge is 0.126 e. The van der Waals surface area contributed by atoms with Crippen molar-refractivity contribution in [1.82, 2.24) is 4.98 Å². The number of hydrogen-bond acceptors (Lipinski definition) is 3. The van der Waals surface area contributed by atoms with Crippen LogP contribution >= 0.6 is 0 Å². The first-order valence-electron chi connectivity index (χ1n) is 3.72. The zero-order chi connectivity index (χ0) is 8.97. The van der Waals surface area contributed by atoms with Crippen molar-refractivity contribution in [2.45, 2.75) is 12.5 Å². The monoisotopic (exact) mass is 170 g/mol. The summed E-state index contributed by atoms with van der Waals surface area (Å²) in [5, 5.41) is 8.57. The van der Waals surface area contributed by atoms with Crippen LogP contribution in [0.1, 0.15) is 18.2 Å². The number of rotatable bonds is 3. The van der Waals surface area contributed by atoms with Gasteiger partial charge in [0.2, 0.25) is 0 Å². The molecule has 0 radical (unpaired) electrons. The number of nitrogens with two attached hydrogens (primary N) is 1. The quantitative estimate of drug-likeness (QED) is 0.698. The third-order valence-corrected chi connectivity index (χ3v) is 1.56. The van der Waals surface area contributed by atoms with Gasteiger partial charge in [-0.2, -0.15) is 0 Å². The highest BCUT2D eigenvalue weighted by Gasteiger charge is 2.06. The molecule has 0 saturated heterocycles. The minimum Gasteiger partial charge on any atom is -0.396 e. The number of aliphatic hydroxyl groups excluding tert-OH is 1. The molecular weight excluding hydrogens is 159 g/mol. The SMILES string of the molecule is NC(CCO)c1cc(F)ccn1. The summed E-state index contributed by atoms with van der Waals surface area (Å²) in [7, 11) is 0. The normalized spacial score (nSPS) is 12.9. The third kappa shape index (κ3) is 2.25. The molecule has 1 aromatic heterocycles. The molecule has 3 nitrogen and oxygen atoms in total. The Morgan fingerprint density at radius 1 is 1.67 bits per heavy atom. The molecule has 1 heterocycles. The summed E-state index contributed by atoms with van der Waals surface area (Å²) in [4.78, 5) is 3.88. The van der Waals surface area contributed by atoms with Gasteiger partial charge in [0.15, 0.2) is 0 Å². The van der Waals surface area contributed by atoms with Crippen molar-refractivity contribution in [3.63, 3.8) is 0 Å². The first-order chi connectivity index (χ1) is 5.74. The molecule has 66 valence electrons. The number of nitrogens with zero attached hydrogens (tertiary/aromatic N) is 1. The van der Waals surface area contributed by atoms with Gasteiger partial charge >= 0.3 is 0 Å². The summed E-state index contributed by atoms with van der Waals surface area (Å²) in [6.07, 6.45) is 1.76. The highest BCUT2D eigenvalue weighted by Crippen LogP contribution is 2.10. The third-order valence-electron chi connectivity index (χ3n) is 1.56. The Morgan fingerprint density at radius 2 is 2.42 bits per heavy atom. The summed E-state index contributed by atoms with van der Waals surface area (Å²) in [5.74, 6) is -0.353. The number of aromatic nitrogens is 1. The second-order valence-electron chi connectivity index (χ2n) is 2.52. The number of hydrogen-bond donors (Lipinski definition) is 2. The van der Waals surface area contributed by atoms with Gasteiger partial charge in [-0.15, -0.1) is 0 Å². The van der Waals surface area contributed by atoms with Crippen LogP contribution in [0.4, 0.5) is 4.39 Å². The van der Waals surface area contributed by atoms with Gasteiger partial charge in [0.25, 0.3) is 0 Å². The molecule has 0 aromatic carbocycles. The zero-order valence-electron chi connectivity index (χ0n) is 6.57. The lowest BCUT2D eigenvalue weighted by atomic mass is 10.1. The maximum atomic E-state index is 12.6. The maximum Gasteiger partial charge on any atom is 0.126 e. The first kappa shape index (κ1) is 9.09. The molecule has 0 fully saturated rings. The summed E-state index contributed by atoms with van der Waals surface area (Å²) in [5.41, 5.74) is 6.06. The summed E-state index contributed by atoms with van der Waals surface area (Å²) in [6.45, 7) is -0.0145. The van der Waals surface area contributed by atoms with Gasteiger partial charge < -0.3 is 10.8 Å². The molecule has 0 aliphatic heterocycles. The Labute approximate surface area is 70.0 Å². The molecular formula is C8H11FN2O. The number of pyridine rings is 1. The molecule has 0 aliphatic rings. The molecule has 1 unspecified atom stereocenters. The van der Waals surface area contributed by atoms with E-state index in [1.54, 1.807) is 0 Å². The van der Waals surface area contributed by atoms with Gasteiger partial charge in [0, 0.05) is 18.8 Å². The standard InChI is InChI=1S/C8H11FN2O/c9-6-1-3-11-8(5-6)7(10)2-4-12/h1,3,5,7,12H,2,4,10H2. The van der Waals surface area contributed by atoms with Gasteiger partial charge in [0.05, 0.1) is 5.69 Å². The fourth-order valence-electron chi connectivity index (χ4n) is 0.911. The molecule has 0 amide bonds. The highest BCUT2D eigenvalue weighted by molar-refractivity contribution is 5.09. The molecule has 0 bridgehead atoms. The van der Waals surface area contributed by atoms with Crippen LogP contribution in [0.25, 0.3) is 0 Å². The van der Waals surface area contributed by atoms with Gasteiger partial charge in [-0.25, -0.2) is 4.39 Å². The van der Waals surface area contributed by atoms with Crippen LogP contribution < -0.4 is 5.73 Å².